The summed E-state index contributed by atoms with van der Waals surface area (Å²) in [5.41, 5.74) is 0.554. The third kappa shape index (κ3) is 5.71. The van der Waals surface area contributed by atoms with Crippen molar-refractivity contribution in [3.8, 4) is 5.75 Å². The molecule has 1 aliphatic rings. The highest BCUT2D eigenvalue weighted by atomic mass is 32.2. The number of nitrogens with one attached hydrogen (secondary N) is 1. The van der Waals surface area contributed by atoms with Crippen molar-refractivity contribution in [3.05, 3.63) is 24.3 Å². The highest BCUT2D eigenvalue weighted by Gasteiger charge is 2.28. The summed E-state index contributed by atoms with van der Waals surface area (Å²) < 4.78 is 34.2. The molecule has 138 valence electrons. The summed E-state index contributed by atoms with van der Waals surface area (Å²) in [4.78, 5) is 23.4. The van der Waals surface area contributed by atoms with Crippen LogP contribution in [0.3, 0.4) is 0 Å². The molecule has 0 aromatic heterocycles. The second-order valence-corrected chi connectivity index (χ2v) is 7.80. The van der Waals surface area contributed by atoms with Crippen molar-refractivity contribution < 1.29 is 27.5 Å². The highest BCUT2D eigenvalue weighted by Crippen LogP contribution is 2.22. The van der Waals surface area contributed by atoms with Crippen LogP contribution in [0.15, 0.2) is 24.3 Å². The molecular weight excluding hydrogens is 348 g/mol. The minimum atomic E-state index is -3.21. The fourth-order valence-electron chi connectivity index (χ4n) is 2.56. The van der Waals surface area contributed by atoms with Gasteiger partial charge in [-0.05, 0) is 25.0 Å². The van der Waals surface area contributed by atoms with E-state index in [9.17, 15) is 18.0 Å². The number of amides is 1. The number of hydrogen-bond donors (Lipinski definition) is 1. The summed E-state index contributed by atoms with van der Waals surface area (Å²) >= 11 is 0. The molecule has 0 bridgehead atoms. The number of esters is 1. The van der Waals surface area contributed by atoms with E-state index in [1.807, 2.05) is 0 Å². The van der Waals surface area contributed by atoms with Crippen LogP contribution in [-0.2, 0) is 24.3 Å². The van der Waals surface area contributed by atoms with Crippen LogP contribution < -0.4 is 10.1 Å². The number of hydrogen-bond acceptors (Lipinski definition) is 6. The Balaban J connectivity index is 1.89. The van der Waals surface area contributed by atoms with E-state index in [2.05, 4.69) is 10.1 Å². The minimum absolute atomic E-state index is 0.154. The molecule has 1 aromatic carbocycles. The van der Waals surface area contributed by atoms with Gasteiger partial charge in [0.05, 0.1) is 13.4 Å². The molecule has 2 rings (SSSR count). The highest BCUT2D eigenvalue weighted by molar-refractivity contribution is 7.88. The van der Waals surface area contributed by atoms with E-state index in [0.29, 0.717) is 37.4 Å². The number of sulfonamides is 1. The van der Waals surface area contributed by atoms with Crippen LogP contribution in [0.1, 0.15) is 12.8 Å². The van der Waals surface area contributed by atoms with Gasteiger partial charge >= 0.3 is 5.97 Å². The number of carbonyl (C=O) groups is 2. The quantitative estimate of drug-likeness (QED) is 0.745. The first-order valence-electron chi connectivity index (χ1n) is 7.85. The van der Waals surface area contributed by atoms with Gasteiger partial charge in [-0.2, -0.15) is 0 Å². The zero-order valence-corrected chi connectivity index (χ0v) is 15.0. The number of ether oxygens (including phenoxy) is 2. The maximum Gasteiger partial charge on any atom is 0.343 e. The van der Waals surface area contributed by atoms with Gasteiger partial charge in [-0.25, -0.2) is 17.5 Å². The smallest absolute Gasteiger partial charge is 0.343 e. The van der Waals surface area contributed by atoms with Crippen molar-refractivity contribution in [1.29, 1.82) is 0 Å². The SMILES string of the molecule is COC(=O)COc1cccc(NC(=O)C2CCN(S(C)(=O)=O)CC2)c1. The number of anilines is 1. The van der Waals surface area contributed by atoms with Crippen molar-refractivity contribution in [3.63, 3.8) is 0 Å². The molecule has 1 amide bonds. The summed E-state index contributed by atoms with van der Waals surface area (Å²) in [5.74, 6) is -0.446. The summed E-state index contributed by atoms with van der Waals surface area (Å²) in [6.07, 6.45) is 2.14. The van der Waals surface area contributed by atoms with Crippen molar-refractivity contribution >= 4 is 27.6 Å². The van der Waals surface area contributed by atoms with E-state index in [-0.39, 0.29) is 18.4 Å². The lowest BCUT2D eigenvalue weighted by Crippen LogP contribution is -2.40. The Morgan fingerprint density at radius 1 is 1.28 bits per heavy atom. The standard InChI is InChI=1S/C16H22N2O6S/c1-23-15(19)11-24-14-5-3-4-13(10-14)17-16(20)12-6-8-18(9-7-12)25(2,21)22/h3-5,10,12H,6-9,11H2,1-2H3,(H,17,20). The molecule has 0 atom stereocenters. The van der Waals surface area contributed by atoms with Gasteiger partial charge in [-0.15, -0.1) is 0 Å². The van der Waals surface area contributed by atoms with Crippen molar-refractivity contribution in [2.24, 2.45) is 5.92 Å². The second-order valence-electron chi connectivity index (χ2n) is 5.82. The summed E-state index contributed by atoms with van der Waals surface area (Å²) in [6, 6.07) is 6.71. The van der Waals surface area contributed by atoms with Crippen molar-refractivity contribution in [2.45, 2.75) is 12.8 Å². The third-order valence-electron chi connectivity index (χ3n) is 3.98. The number of methoxy groups -OCH3 is 1. The maximum atomic E-state index is 12.4. The number of piperidine rings is 1. The van der Waals surface area contributed by atoms with Crippen LogP contribution in [-0.4, -0.2) is 57.7 Å². The molecule has 1 heterocycles. The van der Waals surface area contributed by atoms with E-state index in [0.717, 1.165) is 0 Å². The predicted molar refractivity (Wildman–Crippen MR) is 91.7 cm³/mol. The van der Waals surface area contributed by atoms with Gasteiger partial charge in [-0.3, -0.25) is 4.79 Å². The molecule has 0 unspecified atom stereocenters. The molecule has 1 N–H and O–H groups in total. The Bertz CT molecular complexity index is 726. The first-order chi connectivity index (χ1) is 11.8. The number of carbonyl (C=O) groups excluding carboxylic acids is 2. The number of rotatable bonds is 6. The lowest BCUT2D eigenvalue weighted by atomic mass is 9.97. The maximum absolute atomic E-state index is 12.4. The normalized spacial score (nSPS) is 16.2. The van der Waals surface area contributed by atoms with Crippen LogP contribution in [0.25, 0.3) is 0 Å². The van der Waals surface area contributed by atoms with E-state index < -0.39 is 16.0 Å². The third-order valence-corrected chi connectivity index (χ3v) is 5.28. The molecule has 0 aliphatic carbocycles. The van der Waals surface area contributed by atoms with Crippen molar-refractivity contribution in [1.82, 2.24) is 4.31 Å². The fourth-order valence-corrected chi connectivity index (χ4v) is 3.43. The first-order valence-corrected chi connectivity index (χ1v) is 9.70. The molecule has 9 heteroatoms. The van der Waals surface area contributed by atoms with Crippen molar-refractivity contribution in [2.75, 3.05) is 38.4 Å². The molecule has 1 saturated heterocycles. The zero-order valence-electron chi connectivity index (χ0n) is 14.2. The largest absolute Gasteiger partial charge is 0.482 e. The zero-order chi connectivity index (χ0) is 18.4. The lowest BCUT2D eigenvalue weighted by molar-refractivity contribution is -0.142. The molecule has 0 saturated carbocycles. The molecule has 1 fully saturated rings. The van der Waals surface area contributed by atoms with E-state index in [1.165, 1.54) is 17.7 Å². The molecular formula is C16H22N2O6S. The Hall–Kier alpha value is -2.13. The molecule has 0 spiro atoms. The van der Waals surface area contributed by atoms with Crippen LogP contribution >= 0.6 is 0 Å². The fraction of sp³-hybridized carbons (Fsp3) is 0.500. The molecule has 8 nitrogen and oxygen atoms in total. The summed E-state index contributed by atoms with van der Waals surface area (Å²) in [5, 5.41) is 2.80. The van der Waals surface area contributed by atoms with Crippen LogP contribution in [0, 0.1) is 5.92 Å². The van der Waals surface area contributed by atoms with E-state index in [1.54, 1.807) is 24.3 Å². The van der Waals surface area contributed by atoms with E-state index in [4.69, 9.17) is 4.74 Å². The predicted octanol–water partition coefficient (Wildman–Crippen LogP) is 0.848. The van der Waals surface area contributed by atoms with Gasteiger partial charge < -0.3 is 14.8 Å². The van der Waals surface area contributed by atoms with Crippen LogP contribution in [0.2, 0.25) is 0 Å². The minimum Gasteiger partial charge on any atom is -0.482 e. The van der Waals surface area contributed by atoms with Crippen LogP contribution in [0.5, 0.6) is 5.75 Å². The number of benzene rings is 1. The average Bonchev–Trinajstić information content (AvgIpc) is 2.59. The van der Waals surface area contributed by atoms with Gasteiger partial charge in [0.1, 0.15) is 5.75 Å². The molecule has 1 aromatic rings. The summed E-state index contributed by atoms with van der Waals surface area (Å²) in [7, 11) is -1.93. The monoisotopic (exact) mass is 370 g/mol. The first kappa shape index (κ1) is 19.2. The topological polar surface area (TPSA) is 102 Å². The van der Waals surface area contributed by atoms with Gasteiger partial charge in [-0.1, -0.05) is 6.07 Å². The lowest BCUT2D eigenvalue weighted by Gasteiger charge is -2.29. The van der Waals surface area contributed by atoms with Gasteiger partial charge in [0.15, 0.2) is 6.61 Å². The average molecular weight is 370 g/mol. The Morgan fingerprint density at radius 3 is 2.56 bits per heavy atom. The van der Waals surface area contributed by atoms with Gasteiger partial charge in [0.2, 0.25) is 15.9 Å². The Kier molecular flexibility index (Phi) is 6.38. The van der Waals surface area contributed by atoms with E-state index >= 15 is 0 Å². The Morgan fingerprint density at radius 2 is 1.96 bits per heavy atom. The number of nitrogens with zero attached hydrogens (tertiary/aromatic N) is 1. The Labute approximate surface area is 147 Å². The molecule has 25 heavy (non-hydrogen) atoms. The summed E-state index contributed by atoms with van der Waals surface area (Å²) in [6.45, 7) is 0.482. The second kappa shape index (κ2) is 8.30. The molecule has 1 aliphatic heterocycles. The van der Waals surface area contributed by atoms with Crippen LogP contribution in [0.4, 0.5) is 5.69 Å². The van der Waals surface area contributed by atoms with Gasteiger partial charge in [0.25, 0.3) is 0 Å². The molecule has 0 radical (unpaired) electrons. The van der Waals surface area contributed by atoms with Gasteiger partial charge in [0, 0.05) is 30.8 Å².